The lowest BCUT2D eigenvalue weighted by atomic mass is 9.78. The van der Waals surface area contributed by atoms with Crippen molar-refractivity contribution in [2.45, 2.75) is 25.3 Å². The number of fused-ring (bicyclic) bond motifs is 6. The fourth-order valence-corrected chi connectivity index (χ4v) is 8.26. The van der Waals surface area contributed by atoms with Crippen LogP contribution < -0.4 is 15.3 Å². The minimum atomic E-state index is -2.27. The molecule has 3 aromatic rings. The zero-order chi connectivity index (χ0) is 22.1. The summed E-state index contributed by atoms with van der Waals surface area (Å²) in [6.45, 7) is 4.20. The third-order valence-corrected chi connectivity index (χ3v) is 10.3. The Morgan fingerprint density at radius 1 is 0.968 bits per heavy atom. The maximum absolute atomic E-state index is 13.0. The van der Waals surface area contributed by atoms with Gasteiger partial charge >= 0.3 is 5.97 Å². The Morgan fingerprint density at radius 3 is 2.39 bits per heavy atom. The second-order valence-corrected chi connectivity index (χ2v) is 13.4. The smallest absolute Gasteiger partial charge is 0.340 e. The Hall–Kier alpha value is -3.09. The van der Waals surface area contributed by atoms with Gasteiger partial charge < -0.3 is 19.8 Å². The first-order valence-corrected chi connectivity index (χ1v) is 13.3. The lowest BCUT2D eigenvalue weighted by Crippen LogP contribution is -2.63. The monoisotopic (exact) mass is 431 g/mol. The van der Waals surface area contributed by atoms with Crippen molar-refractivity contribution < 1.29 is 19.7 Å². The van der Waals surface area contributed by atoms with Crippen molar-refractivity contribution in [3.05, 3.63) is 82.4 Å². The van der Waals surface area contributed by atoms with Crippen LogP contribution in [0.25, 0.3) is 0 Å². The van der Waals surface area contributed by atoms with Crippen LogP contribution >= 0.6 is 0 Å². The van der Waals surface area contributed by atoms with Gasteiger partial charge in [-0.15, -0.1) is 0 Å². The zero-order valence-corrected chi connectivity index (χ0v) is 19.1. The van der Waals surface area contributed by atoms with Crippen LogP contribution in [0, 0.1) is 0 Å². The number of phenols is 1. The predicted molar refractivity (Wildman–Crippen MR) is 123 cm³/mol. The van der Waals surface area contributed by atoms with Crippen LogP contribution in [-0.4, -0.2) is 38.4 Å². The van der Waals surface area contributed by atoms with Crippen LogP contribution in [0.1, 0.15) is 32.6 Å². The predicted octanol–water partition coefficient (Wildman–Crippen LogP) is 2.55. The molecule has 5 nitrogen and oxygen atoms in total. The number of hydrogen-bond donors (Lipinski definition) is 2. The van der Waals surface area contributed by atoms with Crippen LogP contribution in [0.5, 0.6) is 5.75 Å². The van der Waals surface area contributed by atoms with Gasteiger partial charge in [-0.2, -0.15) is 0 Å². The third-order valence-electron chi connectivity index (χ3n) is 6.79. The summed E-state index contributed by atoms with van der Waals surface area (Å²) >= 11 is 0. The summed E-state index contributed by atoms with van der Waals surface area (Å²) < 4.78 is 6.25. The van der Waals surface area contributed by atoms with E-state index in [0.29, 0.717) is 11.1 Å². The lowest BCUT2D eigenvalue weighted by molar-refractivity contribution is 0.0254. The molecule has 1 atom stereocenters. The highest BCUT2D eigenvalue weighted by molar-refractivity contribution is 7.01. The van der Waals surface area contributed by atoms with E-state index in [2.05, 4.69) is 36.2 Å². The number of rotatable bonds is 2. The van der Waals surface area contributed by atoms with Crippen molar-refractivity contribution in [2.24, 2.45) is 0 Å². The third kappa shape index (κ3) is 2.49. The van der Waals surface area contributed by atoms with E-state index in [9.17, 15) is 15.0 Å². The molecule has 1 spiro atoms. The van der Waals surface area contributed by atoms with Crippen molar-refractivity contribution in [1.29, 1.82) is 0 Å². The molecule has 0 saturated carbocycles. The van der Waals surface area contributed by atoms with E-state index in [4.69, 9.17) is 4.74 Å². The molecule has 0 aromatic heterocycles. The first-order chi connectivity index (χ1) is 14.7. The second-order valence-electron chi connectivity index (χ2n) is 9.05. The molecule has 0 amide bonds. The Morgan fingerprint density at radius 2 is 1.68 bits per heavy atom. The number of hydrogen-bond acceptors (Lipinski definition) is 5. The molecule has 3 aromatic carbocycles. The molecule has 0 bridgehead atoms. The topological polar surface area (TPSA) is 70.0 Å². The number of aromatic hydroxyl groups is 1. The highest BCUT2D eigenvalue weighted by Gasteiger charge is 2.56. The molecule has 31 heavy (non-hydrogen) atoms. The van der Waals surface area contributed by atoms with E-state index in [1.54, 1.807) is 12.1 Å². The molecule has 2 heterocycles. The van der Waals surface area contributed by atoms with Gasteiger partial charge in [-0.25, -0.2) is 4.79 Å². The molecule has 0 aliphatic carbocycles. The number of carbonyl (C=O) groups excluding carboxylic acids is 1. The zero-order valence-electron chi connectivity index (χ0n) is 18.1. The van der Waals surface area contributed by atoms with Gasteiger partial charge in [0.2, 0.25) is 0 Å². The summed E-state index contributed by atoms with van der Waals surface area (Å²) in [7, 11) is 1.74. The number of aliphatic hydroxyl groups excluding tert-OH is 1. The van der Waals surface area contributed by atoms with Gasteiger partial charge in [-0.05, 0) is 40.7 Å². The Bertz CT molecular complexity index is 1250. The van der Waals surface area contributed by atoms with Crippen LogP contribution in [0.4, 0.5) is 5.69 Å². The highest BCUT2D eigenvalue weighted by atomic mass is 28.3. The van der Waals surface area contributed by atoms with Gasteiger partial charge in [0.1, 0.15) is 13.8 Å². The summed E-state index contributed by atoms with van der Waals surface area (Å²) in [6, 6.07) is 17.4. The fourth-order valence-electron chi connectivity index (χ4n) is 5.11. The van der Waals surface area contributed by atoms with Crippen molar-refractivity contribution in [1.82, 2.24) is 0 Å². The van der Waals surface area contributed by atoms with Gasteiger partial charge in [-0.3, -0.25) is 0 Å². The van der Waals surface area contributed by atoms with E-state index < -0.39 is 13.7 Å². The number of aliphatic hydroxyl groups is 1. The molecule has 0 radical (unpaired) electrons. The molecule has 5 rings (SSSR count). The van der Waals surface area contributed by atoms with Gasteiger partial charge in [0.25, 0.3) is 0 Å². The Kier molecular flexibility index (Phi) is 4.13. The van der Waals surface area contributed by atoms with Crippen molar-refractivity contribution >= 4 is 30.1 Å². The Balaban J connectivity index is 1.95. The van der Waals surface area contributed by atoms with Gasteiger partial charge in [0.15, 0.2) is 5.60 Å². The molecular weight excluding hydrogens is 406 g/mol. The summed E-state index contributed by atoms with van der Waals surface area (Å²) in [5, 5.41) is 22.7. The van der Waals surface area contributed by atoms with Crippen LogP contribution in [0.15, 0.2) is 54.6 Å². The fraction of sp³-hybridized carbons (Fsp3) is 0.240. The summed E-state index contributed by atoms with van der Waals surface area (Å²) in [4.78, 5) is 15.1. The summed E-state index contributed by atoms with van der Waals surface area (Å²) in [5.74, 6) is -0.286. The minimum absolute atomic E-state index is 0.0711. The average Bonchev–Trinajstić information content (AvgIpc) is 3.05. The number of nitrogens with zero attached hydrogens (tertiary/aromatic N) is 1. The van der Waals surface area contributed by atoms with Gasteiger partial charge in [-0.1, -0.05) is 37.4 Å². The van der Waals surface area contributed by atoms with Crippen LogP contribution in [0.2, 0.25) is 13.1 Å². The molecule has 2 N–H and O–H groups in total. The maximum atomic E-state index is 13.0. The number of esters is 1. The lowest BCUT2D eigenvalue weighted by Gasteiger charge is -2.44. The van der Waals surface area contributed by atoms with Gasteiger partial charge in [0.05, 0.1) is 12.2 Å². The molecule has 2 aliphatic rings. The van der Waals surface area contributed by atoms with Crippen molar-refractivity contribution in [2.75, 3.05) is 19.0 Å². The maximum Gasteiger partial charge on any atom is 0.340 e. The average molecular weight is 432 g/mol. The van der Waals surface area contributed by atoms with Crippen molar-refractivity contribution in [3.8, 4) is 5.75 Å². The molecule has 0 fully saturated rings. The first-order valence-electron chi connectivity index (χ1n) is 10.3. The molecular formula is C25H25NO4Si. The number of anilines is 1. The van der Waals surface area contributed by atoms with Crippen LogP contribution in [0.3, 0.4) is 0 Å². The Labute approximate surface area is 182 Å². The van der Waals surface area contributed by atoms with Crippen molar-refractivity contribution in [3.63, 3.8) is 0 Å². The second kappa shape index (κ2) is 6.45. The normalized spacial score (nSPS) is 20.1. The summed E-state index contributed by atoms with van der Waals surface area (Å²) in [5.41, 5.74) is 3.58. The number of carbonyl (C=O) groups is 1. The van der Waals surface area contributed by atoms with E-state index in [1.807, 2.05) is 38.4 Å². The van der Waals surface area contributed by atoms with E-state index in [0.717, 1.165) is 27.6 Å². The van der Waals surface area contributed by atoms with E-state index >= 15 is 0 Å². The highest BCUT2D eigenvalue weighted by Crippen LogP contribution is 2.49. The first kappa shape index (κ1) is 19.8. The summed E-state index contributed by atoms with van der Waals surface area (Å²) in [6.07, 6.45) is 0. The van der Waals surface area contributed by atoms with Gasteiger partial charge in [0, 0.05) is 42.0 Å². The van der Waals surface area contributed by atoms with Crippen LogP contribution in [-0.2, 0) is 16.9 Å². The quantitative estimate of drug-likeness (QED) is 0.482. The SMILES string of the molecule is CN(C)c1ccc2c(c1)[Si](C)(C)c1cc(O)c(CO)cc1C21OC(=O)c2ccccc21. The minimum Gasteiger partial charge on any atom is -0.508 e. The largest absolute Gasteiger partial charge is 0.508 e. The number of ether oxygens (including phenoxy) is 1. The molecule has 158 valence electrons. The molecule has 0 saturated heterocycles. The molecule has 6 heteroatoms. The standard InChI is InChI=1S/C25H25NO4Si/c1-26(2)16-9-10-19-22(12-16)31(3,4)23-13-21(28)15(14-27)11-20(23)25(19)18-8-6-5-7-17(18)24(29)30-25/h5-13,27-28H,14H2,1-4H3. The van der Waals surface area contributed by atoms with E-state index in [1.165, 1.54) is 5.19 Å². The number of benzene rings is 3. The molecule has 2 aliphatic heterocycles. The van der Waals surface area contributed by atoms with E-state index in [-0.39, 0.29) is 18.3 Å². The molecule has 1 unspecified atom stereocenters.